The van der Waals surface area contributed by atoms with E-state index in [9.17, 15) is 30.9 Å². The Hall–Kier alpha value is -0.390. The van der Waals surface area contributed by atoms with Gasteiger partial charge in [0.25, 0.3) is 0 Å². The molecule has 12 heteroatoms. The zero-order chi connectivity index (χ0) is 15.1. The van der Waals surface area contributed by atoms with Crippen molar-refractivity contribution in [3.8, 4) is 0 Å². The van der Waals surface area contributed by atoms with E-state index in [-0.39, 0.29) is 6.54 Å². The van der Waals surface area contributed by atoms with Crippen LogP contribution in [0.25, 0.3) is 0 Å². The summed E-state index contributed by atoms with van der Waals surface area (Å²) in [5, 5.41) is 6.25. The average Bonchev–Trinajstić information content (AvgIpc) is 2.15. The predicted octanol–water partition coefficient (Wildman–Crippen LogP) is 1.45. The zero-order valence-electron chi connectivity index (χ0n) is 8.39. The summed E-state index contributed by atoms with van der Waals surface area (Å²) in [5.74, 6) is -3.39. The van der Waals surface area contributed by atoms with E-state index in [4.69, 9.17) is 27.2 Å². The molecule has 0 aliphatic carbocycles. The van der Waals surface area contributed by atoms with E-state index in [0.29, 0.717) is 0 Å². The first kappa shape index (κ1) is 19.9. The Labute approximate surface area is 105 Å². The monoisotopic (exact) mass is 323 g/mol. The minimum Gasteiger partial charge on any atom is -0.609 e. The van der Waals surface area contributed by atoms with Crippen molar-refractivity contribution in [2.24, 2.45) is 5.73 Å². The van der Waals surface area contributed by atoms with Crippen molar-refractivity contribution in [1.29, 1.82) is 0 Å². The summed E-state index contributed by atoms with van der Waals surface area (Å²) in [4.78, 5) is 8.90. The van der Waals surface area contributed by atoms with Gasteiger partial charge in [-0.25, -0.2) is 4.79 Å². The molecular formula is C6H8ClF6NO3S. The number of alkyl halides is 7. The number of aliphatic carboxylic acids is 1. The fraction of sp³-hybridized carbons (Fsp3) is 0.833. The van der Waals surface area contributed by atoms with Crippen molar-refractivity contribution in [3.63, 3.8) is 0 Å². The maximum Gasteiger partial charge on any atom is 0.572 e. The highest BCUT2D eigenvalue weighted by Crippen LogP contribution is 2.24. The molecule has 0 aliphatic heterocycles. The summed E-state index contributed by atoms with van der Waals surface area (Å²) in [6.07, 6.45) is -5.08. The average molecular weight is 324 g/mol. The number of carbonyl (C=O) groups is 1. The van der Waals surface area contributed by atoms with Crippen LogP contribution < -0.4 is 5.73 Å². The Bertz CT molecular complexity index is 261. The molecule has 0 saturated heterocycles. The molecule has 0 aromatic heterocycles. The Morgan fingerprint density at radius 2 is 1.67 bits per heavy atom. The first-order valence-electron chi connectivity index (χ1n) is 3.91. The number of carboxylic acid groups (broad SMARTS) is 1. The molecule has 0 amide bonds. The third-order valence-corrected chi connectivity index (χ3v) is 2.83. The van der Waals surface area contributed by atoms with Gasteiger partial charge in [-0.05, 0) is 0 Å². The van der Waals surface area contributed by atoms with Crippen LogP contribution in [-0.2, 0) is 16.0 Å². The second-order valence-electron chi connectivity index (χ2n) is 2.59. The lowest BCUT2D eigenvalue weighted by molar-refractivity contribution is -0.192. The van der Waals surface area contributed by atoms with Crippen LogP contribution in [0, 0.1) is 0 Å². The first-order valence-corrected chi connectivity index (χ1v) is 5.67. The highest BCUT2D eigenvalue weighted by Gasteiger charge is 2.44. The van der Waals surface area contributed by atoms with E-state index in [1.54, 1.807) is 0 Å². The Kier molecular flexibility index (Phi) is 8.77. The van der Waals surface area contributed by atoms with Crippen molar-refractivity contribution in [1.82, 2.24) is 0 Å². The summed E-state index contributed by atoms with van der Waals surface area (Å²) in [6.45, 7) is -0.108. The molecule has 110 valence electrons. The fourth-order valence-electron chi connectivity index (χ4n) is 0.327. The van der Waals surface area contributed by atoms with Crippen LogP contribution in [-0.4, -0.2) is 45.0 Å². The smallest absolute Gasteiger partial charge is 0.572 e. The molecule has 0 saturated carbocycles. The molecule has 0 radical (unpaired) electrons. The van der Waals surface area contributed by atoms with Gasteiger partial charge in [-0.1, -0.05) is 0 Å². The molecule has 0 spiro atoms. The molecule has 0 aromatic rings. The van der Waals surface area contributed by atoms with E-state index in [0.717, 1.165) is 0 Å². The summed E-state index contributed by atoms with van der Waals surface area (Å²) in [5.41, 5.74) is 0.252. The number of hydrogen-bond donors (Lipinski definition) is 2. The van der Waals surface area contributed by atoms with Gasteiger partial charge in [0.1, 0.15) is 5.75 Å². The number of halogens is 7. The molecule has 0 aliphatic rings. The van der Waals surface area contributed by atoms with Gasteiger partial charge in [0.05, 0.1) is 16.6 Å². The second kappa shape index (κ2) is 7.92. The van der Waals surface area contributed by atoms with Gasteiger partial charge in [0.2, 0.25) is 0 Å². The van der Waals surface area contributed by atoms with Crippen LogP contribution in [0.4, 0.5) is 26.3 Å². The quantitative estimate of drug-likeness (QED) is 0.467. The molecule has 3 N–H and O–H groups in total. The SMILES string of the molecule is NCC(Cl)C[S+]([O-])C(F)(F)F.O=C(O)C(F)(F)F. The number of carboxylic acids is 1. The van der Waals surface area contributed by atoms with Crippen LogP contribution in [0.1, 0.15) is 0 Å². The van der Waals surface area contributed by atoms with Crippen LogP contribution in [0.5, 0.6) is 0 Å². The summed E-state index contributed by atoms with van der Waals surface area (Å²) in [6, 6.07) is 0. The topological polar surface area (TPSA) is 86.4 Å². The highest BCUT2D eigenvalue weighted by atomic mass is 35.5. The summed E-state index contributed by atoms with van der Waals surface area (Å²) in [7, 11) is 0. The van der Waals surface area contributed by atoms with E-state index >= 15 is 0 Å². The zero-order valence-corrected chi connectivity index (χ0v) is 9.96. The van der Waals surface area contributed by atoms with Gasteiger partial charge in [0, 0.05) is 6.54 Å². The van der Waals surface area contributed by atoms with Crippen LogP contribution in [0.2, 0.25) is 0 Å². The third-order valence-electron chi connectivity index (χ3n) is 1.09. The largest absolute Gasteiger partial charge is 0.609 e. The molecule has 18 heavy (non-hydrogen) atoms. The van der Waals surface area contributed by atoms with E-state index in [1.165, 1.54) is 0 Å². The molecule has 0 rings (SSSR count). The standard InChI is InChI=1S/C4H7ClF3NOS.C2HF3O2/c5-3(1-9)2-11(10)4(6,7)8;3-2(4,5)1(6)7/h3H,1-2,9H2;(H,6,7). The molecule has 0 bridgehead atoms. The molecule has 0 fully saturated rings. The second-order valence-corrected chi connectivity index (χ2v) is 4.70. The highest BCUT2D eigenvalue weighted by molar-refractivity contribution is 7.92. The maximum absolute atomic E-state index is 11.5. The van der Waals surface area contributed by atoms with Crippen molar-refractivity contribution in [2.45, 2.75) is 17.1 Å². The van der Waals surface area contributed by atoms with Crippen molar-refractivity contribution >= 4 is 28.7 Å². The van der Waals surface area contributed by atoms with Gasteiger partial charge in [-0.15, -0.1) is 24.8 Å². The summed E-state index contributed by atoms with van der Waals surface area (Å²) >= 11 is 2.37. The van der Waals surface area contributed by atoms with Gasteiger partial charge < -0.3 is 15.4 Å². The minimum atomic E-state index is -5.08. The third kappa shape index (κ3) is 10.7. The fourth-order valence-corrected chi connectivity index (χ4v) is 1.32. The van der Waals surface area contributed by atoms with Gasteiger partial charge in [-0.2, -0.15) is 13.2 Å². The number of rotatable bonds is 3. The van der Waals surface area contributed by atoms with E-state index in [1.807, 2.05) is 0 Å². The lowest BCUT2D eigenvalue weighted by atomic mass is 10.5. The van der Waals surface area contributed by atoms with Crippen molar-refractivity contribution in [2.75, 3.05) is 12.3 Å². The van der Waals surface area contributed by atoms with Crippen LogP contribution in [0.15, 0.2) is 0 Å². The van der Waals surface area contributed by atoms with Crippen LogP contribution >= 0.6 is 11.6 Å². The first-order chi connectivity index (χ1) is 7.82. The Balaban J connectivity index is 0. The molecule has 0 aromatic carbocycles. The lowest BCUT2D eigenvalue weighted by Crippen LogP contribution is -2.33. The van der Waals surface area contributed by atoms with Crippen molar-refractivity contribution < 1.29 is 40.8 Å². The normalized spacial score (nSPS) is 15.4. The maximum atomic E-state index is 11.5. The molecule has 4 nitrogen and oxygen atoms in total. The van der Waals surface area contributed by atoms with Crippen LogP contribution in [0.3, 0.4) is 0 Å². The van der Waals surface area contributed by atoms with Gasteiger partial charge in [-0.3, -0.25) is 0 Å². The Morgan fingerprint density at radius 3 is 1.83 bits per heavy atom. The van der Waals surface area contributed by atoms with Gasteiger partial charge >= 0.3 is 17.7 Å². The van der Waals surface area contributed by atoms with E-state index in [2.05, 4.69) is 0 Å². The summed E-state index contributed by atoms with van der Waals surface area (Å²) < 4.78 is 76.7. The van der Waals surface area contributed by atoms with E-state index < -0.39 is 40.0 Å². The minimum absolute atomic E-state index is 0.108. The predicted molar refractivity (Wildman–Crippen MR) is 51.5 cm³/mol. The number of hydrogen-bond acceptors (Lipinski definition) is 3. The molecule has 0 heterocycles. The number of nitrogens with two attached hydrogens (primary N) is 1. The molecular weight excluding hydrogens is 316 g/mol. The molecule has 2 atom stereocenters. The Morgan fingerprint density at radius 1 is 1.33 bits per heavy atom. The van der Waals surface area contributed by atoms with Gasteiger partial charge in [0.15, 0.2) is 0 Å². The molecule has 2 unspecified atom stereocenters. The van der Waals surface area contributed by atoms with Crippen molar-refractivity contribution in [3.05, 3.63) is 0 Å². The lowest BCUT2D eigenvalue weighted by Gasteiger charge is -2.14.